The second-order valence-electron chi connectivity index (χ2n) is 8.99. The van der Waals surface area contributed by atoms with E-state index in [-0.39, 0.29) is 5.91 Å². The molecule has 0 unspecified atom stereocenters. The molecule has 5 rings (SSSR count). The Balaban J connectivity index is 1.44. The molecule has 1 amide bonds. The smallest absolute Gasteiger partial charge is 0.252 e. The number of anilines is 1. The van der Waals surface area contributed by atoms with E-state index < -0.39 is 0 Å². The second kappa shape index (κ2) is 11.0. The number of hydrogen-bond acceptors (Lipinski definition) is 4. The van der Waals surface area contributed by atoms with Gasteiger partial charge in [-0.05, 0) is 46.2 Å². The van der Waals surface area contributed by atoms with Gasteiger partial charge in [0.1, 0.15) is 5.82 Å². The van der Waals surface area contributed by atoms with Crippen molar-refractivity contribution in [1.82, 2.24) is 10.3 Å². The molecule has 4 aromatic carbocycles. The van der Waals surface area contributed by atoms with Crippen molar-refractivity contribution in [1.29, 1.82) is 0 Å². The van der Waals surface area contributed by atoms with Gasteiger partial charge < -0.3 is 5.32 Å². The maximum Gasteiger partial charge on any atom is 0.252 e. The quantitative estimate of drug-likeness (QED) is 0.102. The van der Waals surface area contributed by atoms with Crippen molar-refractivity contribution in [3.05, 3.63) is 96.1 Å². The number of amides is 1. The molecular weight excluding hydrogens is 444 g/mol. The number of carbonyl (C=O) groups excluding carboxylic acids is 1. The zero-order valence-electron chi connectivity index (χ0n) is 20.5. The number of carbonyl (C=O) groups is 1. The van der Waals surface area contributed by atoms with Gasteiger partial charge in [-0.15, -0.1) is 0 Å². The van der Waals surface area contributed by atoms with Crippen molar-refractivity contribution in [3.63, 3.8) is 0 Å². The van der Waals surface area contributed by atoms with Gasteiger partial charge >= 0.3 is 0 Å². The fraction of sp³-hybridized carbons (Fsp3) is 0.194. The van der Waals surface area contributed by atoms with E-state index in [1.54, 1.807) is 6.07 Å². The summed E-state index contributed by atoms with van der Waals surface area (Å²) in [6, 6.07) is 28.3. The number of nitrogens with zero attached hydrogens (tertiary/aromatic N) is 2. The van der Waals surface area contributed by atoms with E-state index in [1.165, 1.54) is 23.6 Å². The molecule has 0 atom stereocenters. The van der Waals surface area contributed by atoms with E-state index in [0.717, 1.165) is 40.1 Å². The average Bonchev–Trinajstić information content (AvgIpc) is 2.92. The minimum Gasteiger partial charge on any atom is -0.352 e. The van der Waals surface area contributed by atoms with Crippen LogP contribution in [0.4, 0.5) is 5.82 Å². The molecule has 0 radical (unpaired) electrons. The minimum absolute atomic E-state index is 0.0859. The van der Waals surface area contributed by atoms with Gasteiger partial charge in [0, 0.05) is 17.5 Å². The van der Waals surface area contributed by atoms with E-state index in [1.807, 2.05) is 54.7 Å². The molecule has 1 aromatic heterocycles. The van der Waals surface area contributed by atoms with Gasteiger partial charge in [0.2, 0.25) is 0 Å². The predicted molar refractivity (Wildman–Crippen MR) is 151 cm³/mol. The Morgan fingerprint density at radius 2 is 1.50 bits per heavy atom. The minimum atomic E-state index is -0.0859. The van der Waals surface area contributed by atoms with Crippen LogP contribution in [-0.2, 0) is 0 Å². The van der Waals surface area contributed by atoms with Crippen molar-refractivity contribution >= 4 is 50.4 Å². The van der Waals surface area contributed by atoms with E-state index >= 15 is 0 Å². The molecule has 1 heterocycles. The first-order chi connectivity index (χ1) is 17.7. The van der Waals surface area contributed by atoms with E-state index in [2.05, 4.69) is 53.1 Å². The summed E-state index contributed by atoms with van der Waals surface area (Å²) in [5.41, 5.74) is 5.47. The Kier molecular flexibility index (Phi) is 7.17. The lowest BCUT2D eigenvalue weighted by molar-refractivity contribution is 0.0954. The molecule has 0 aliphatic heterocycles. The fourth-order valence-corrected chi connectivity index (χ4v) is 4.62. The number of rotatable bonds is 9. The number of para-hydroxylation sites is 1. The van der Waals surface area contributed by atoms with Crippen molar-refractivity contribution in [2.45, 2.75) is 32.6 Å². The fourth-order valence-electron chi connectivity index (χ4n) is 4.62. The Labute approximate surface area is 211 Å². The number of aromatic nitrogens is 1. The van der Waals surface area contributed by atoms with Crippen LogP contribution in [-0.4, -0.2) is 23.7 Å². The van der Waals surface area contributed by atoms with Crippen LogP contribution in [0, 0.1) is 0 Å². The van der Waals surface area contributed by atoms with Gasteiger partial charge in [-0.25, -0.2) is 4.98 Å². The summed E-state index contributed by atoms with van der Waals surface area (Å²) in [4.78, 5) is 17.7. The van der Waals surface area contributed by atoms with Crippen LogP contribution < -0.4 is 10.7 Å². The summed E-state index contributed by atoms with van der Waals surface area (Å²) in [5, 5.41) is 13.0. The summed E-state index contributed by atoms with van der Waals surface area (Å²) < 4.78 is 0. The third-order valence-corrected chi connectivity index (χ3v) is 6.46. The summed E-state index contributed by atoms with van der Waals surface area (Å²) in [6.07, 6.45) is 6.31. The molecule has 0 aliphatic rings. The molecule has 36 heavy (non-hydrogen) atoms. The van der Waals surface area contributed by atoms with Crippen LogP contribution in [0.1, 0.15) is 48.5 Å². The zero-order valence-corrected chi connectivity index (χ0v) is 20.5. The van der Waals surface area contributed by atoms with Crippen molar-refractivity contribution in [3.8, 4) is 0 Å². The van der Waals surface area contributed by atoms with Gasteiger partial charge in [0.05, 0.1) is 17.3 Å². The standard InChI is InChI=1S/C31H30N4O/c1-2-3-4-11-18-32-31(36)27-20-30(34-29-17-10-9-16-26(27)29)35-33-21-28-24-14-7-5-12-22(24)19-23-13-6-8-15-25(23)28/h5-10,12-17,19-21H,2-4,11,18H2,1H3,(H,32,36)(H,34,35)/b33-21+. The van der Waals surface area contributed by atoms with Crippen LogP contribution in [0.2, 0.25) is 0 Å². The third-order valence-electron chi connectivity index (χ3n) is 6.46. The van der Waals surface area contributed by atoms with Gasteiger partial charge in [0.15, 0.2) is 0 Å². The Bertz CT molecular complexity index is 1500. The normalized spacial score (nSPS) is 11.5. The highest BCUT2D eigenvalue weighted by atomic mass is 16.1. The molecule has 0 saturated heterocycles. The maximum absolute atomic E-state index is 13.0. The van der Waals surface area contributed by atoms with Crippen LogP contribution in [0.5, 0.6) is 0 Å². The number of fused-ring (bicyclic) bond motifs is 3. The van der Waals surface area contributed by atoms with Gasteiger partial charge in [-0.3, -0.25) is 10.2 Å². The number of benzene rings is 4. The molecule has 0 fully saturated rings. The topological polar surface area (TPSA) is 66.4 Å². The first kappa shape index (κ1) is 23.5. The Morgan fingerprint density at radius 3 is 2.22 bits per heavy atom. The average molecular weight is 475 g/mol. The van der Waals surface area contributed by atoms with Crippen LogP contribution in [0.25, 0.3) is 32.4 Å². The lowest BCUT2D eigenvalue weighted by Crippen LogP contribution is -2.25. The second-order valence-corrected chi connectivity index (χ2v) is 8.99. The molecule has 2 N–H and O–H groups in total. The molecule has 5 nitrogen and oxygen atoms in total. The molecule has 0 saturated carbocycles. The zero-order chi connectivity index (χ0) is 24.7. The van der Waals surface area contributed by atoms with Gasteiger partial charge in [0.25, 0.3) is 5.91 Å². The Morgan fingerprint density at radius 1 is 0.833 bits per heavy atom. The molecule has 180 valence electrons. The molecule has 0 spiro atoms. The van der Waals surface area contributed by atoms with Crippen molar-refractivity contribution < 1.29 is 4.79 Å². The summed E-state index contributed by atoms with van der Waals surface area (Å²) in [6.45, 7) is 2.85. The Hall–Kier alpha value is -4.25. The van der Waals surface area contributed by atoms with Crippen LogP contribution >= 0.6 is 0 Å². The predicted octanol–water partition coefficient (Wildman–Crippen LogP) is 7.30. The summed E-state index contributed by atoms with van der Waals surface area (Å²) >= 11 is 0. The molecule has 0 aliphatic carbocycles. The van der Waals surface area contributed by atoms with Crippen LogP contribution in [0.3, 0.4) is 0 Å². The number of hydrogen-bond donors (Lipinski definition) is 2. The first-order valence-electron chi connectivity index (χ1n) is 12.6. The third kappa shape index (κ3) is 5.05. The van der Waals surface area contributed by atoms with Gasteiger partial charge in [-0.1, -0.05) is 92.9 Å². The lowest BCUT2D eigenvalue weighted by atomic mass is 9.97. The largest absolute Gasteiger partial charge is 0.352 e. The summed E-state index contributed by atoms with van der Waals surface area (Å²) in [7, 11) is 0. The number of pyridine rings is 1. The lowest BCUT2D eigenvalue weighted by Gasteiger charge is -2.11. The number of nitrogens with one attached hydrogen (secondary N) is 2. The SMILES string of the molecule is CCCCCCNC(=O)c1cc(N/N=C/c2c3ccccc3cc3ccccc23)nc2ccccc12. The molecule has 5 aromatic rings. The van der Waals surface area contributed by atoms with Crippen molar-refractivity contribution in [2.75, 3.05) is 12.0 Å². The van der Waals surface area contributed by atoms with Crippen molar-refractivity contribution in [2.24, 2.45) is 5.10 Å². The molecule has 5 heteroatoms. The highest BCUT2D eigenvalue weighted by Crippen LogP contribution is 2.27. The first-order valence-corrected chi connectivity index (χ1v) is 12.6. The van der Waals surface area contributed by atoms with E-state index in [4.69, 9.17) is 4.98 Å². The number of unbranched alkanes of at least 4 members (excludes halogenated alkanes) is 3. The monoisotopic (exact) mass is 474 g/mol. The van der Waals surface area contributed by atoms with Crippen LogP contribution in [0.15, 0.2) is 90.0 Å². The number of hydrazone groups is 1. The highest BCUT2D eigenvalue weighted by molar-refractivity contribution is 6.13. The van der Waals surface area contributed by atoms with E-state index in [9.17, 15) is 4.79 Å². The maximum atomic E-state index is 13.0. The van der Waals surface area contributed by atoms with E-state index in [0.29, 0.717) is 17.9 Å². The molecule has 0 bridgehead atoms. The summed E-state index contributed by atoms with van der Waals surface area (Å²) in [5.74, 6) is 0.447. The highest BCUT2D eigenvalue weighted by Gasteiger charge is 2.13. The van der Waals surface area contributed by atoms with Gasteiger partial charge in [-0.2, -0.15) is 5.10 Å². The molecular formula is C31H30N4O.